The van der Waals surface area contributed by atoms with Crippen LogP contribution in [0.2, 0.25) is 0 Å². The number of hydrogen-bond acceptors (Lipinski definition) is 5. The van der Waals surface area contributed by atoms with E-state index in [0.29, 0.717) is 29.4 Å². The van der Waals surface area contributed by atoms with Crippen LogP contribution < -0.4 is 19.9 Å². The highest BCUT2D eigenvalue weighted by Crippen LogP contribution is 2.38. The van der Waals surface area contributed by atoms with Crippen LogP contribution in [0.25, 0.3) is 0 Å². The molecule has 1 saturated heterocycles. The number of piperidine rings is 1. The Labute approximate surface area is 124 Å². The molecule has 0 aliphatic carbocycles. The fourth-order valence-electron chi connectivity index (χ4n) is 2.58. The summed E-state index contributed by atoms with van der Waals surface area (Å²) in [5, 5.41) is 0. The number of nitrogens with zero attached hydrogens (tertiary/aromatic N) is 1. The highest BCUT2D eigenvalue weighted by molar-refractivity contribution is 5.95. The van der Waals surface area contributed by atoms with Gasteiger partial charge in [0.25, 0.3) is 5.91 Å². The van der Waals surface area contributed by atoms with Crippen molar-refractivity contribution in [2.24, 2.45) is 5.73 Å². The van der Waals surface area contributed by atoms with Gasteiger partial charge in [0.15, 0.2) is 11.5 Å². The van der Waals surface area contributed by atoms with Crippen molar-refractivity contribution in [2.45, 2.75) is 18.9 Å². The summed E-state index contributed by atoms with van der Waals surface area (Å²) < 4.78 is 15.8. The maximum atomic E-state index is 12.6. The Bertz CT molecular complexity index is 493. The number of methoxy groups -OCH3 is 3. The van der Waals surface area contributed by atoms with Gasteiger partial charge in [0.05, 0.1) is 21.3 Å². The molecule has 1 aromatic carbocycles. The predicted octanol–water partition coefficient (Wildman–Crippen LogP) is 1.28. The zero-order valence-corrected chi connectivity index (χ0v) is 12.7. The number of benzene rings is 1. The Hall–Kier alpha value is -1.95. The second kappa shape index (κ2) is 6.67. The molecule has 1 atom stereocenters. The first-order valence-electron chi connectivity index (χ1n) is 6.95. The van der Waals surface area contributed by atoms with Crippen LogP contribution in [0.4, 0.5) is 0 Å². The van der Waals surface area contributed by atoms with Gasteiger partial charge in [-0.05, 0) is 25.0 Å². The van der Waals surface area contributed by atoms with Crippen LogP contribution in [0.5, 0.6) is 17.2 Å². The van der Waals surface area contributed by atoms with Crippen LogP contribution in [0.1, 0.15) is 23.2 Å². The Morgan fingerprint density at radius 3 is 2.29 bits per heavy atom. The maximum Gasteiger partial charge on any atom is 0.254 e. The molecule has 6 nitrogen and oxygen atoms in total. The number of ether oxygens (including phenoxy) is 3. The van der Waals surface area contributed by atoms with E-state index < -0.39 is 0 Å². The number of likely N-dealkylation sites (tertiary alicyclic amines) is 1. The molecule has 0 bridgehead atoms. The van der Waals surface area contributed by atoms with Gasteiger partial charge in [0.1, 0.15) is 0 Å². The average Bonchev–Trinajstić information content (AvgIpc) is 2.52. The summed E-state index contributed by atoms with van der Waals surface area (Å²) in [6.07, 6.45) is 1.89. The van der Waals surface area contributed by atoms with Crippen molar-refractivity contribution in [3.8, 4) is 17.2 Å². The van der Waals surface area contributed by atoms with Gasteiger partial charge < -0.3 is 24.8 Å². The summed E-state index contributed by atoms with van der Waals surface area (Å²) in [5.41, 5.74) is 6.45. The minimum Gasteiger partial charge on any atom is -0.493 e. The van der Waals surface area contributed by atoms with E-state index in [-0.39, 0.29) is 11.9 Å². The summed E-state index contributed by atoms with van der Waals surface area (Å²) in [7, 11) is 4.59. The lowest BCUT2D eigenvalue weighted by atomic mass is 10.0. The molecule has 0 saturated carbocycles. The van der Waals surface area contributed by atoms with Crippen LogP contribution in [-0.4, -0.2) is 51.3 Å². The third-order valence-corrected chi connectivity index (χ3v) is 3.66. The van der Waals surface area contributed by atoms with Crippen LogP contribution in [-0.2, 0) is 0 Å². The third-order valence-electron chi connectivity index (χ3n) is 3.66. The average molecular weight is 294 g/mol. The van der Waals surface area contributed by atoms with Gasteiger partial charge in [-0.1, -0.05) is 0 Å². The smallest absolute Gasteiger partial charge is 0.254 e. The molecule has 1 heterocycles. The summed E-state index contributed by atoms with van der Waals surface area (Å²) in [6, 6.07) is 3.39. The molecule has 2 N–H and O–H groups in total. The van der Waals surface area contributed by atoms with Crippen molar-refractivity contribution in [3.63, 3.8) is 0 Å². The Morgan fingerprint density at radius 2 is 1.81 bits per heavy atom. The molecule has 1 aliphatic heterocycles. The van der Waals surface area contributed by atoms with E-state index in [1.807, 2.05) is 0 Å². The molecule has 116 valence electrons. The van der Waals surface area contributed by atoms with Gasteiger partial charge in [-0.3, -0.25) is 4.79 Å². The van der Waals surface area contributed by atoms with Gasteiger partial charge in [-0.25, -0.2) is 0 Å². The quantitative estimate of drug-likeness (QED) is 0.905. The molecule has 6 heteroatoms. The van der Waals surface area contributed by atoms with Crippen LogP contribution >= 0.6 is 0 Å². The lowest BCUT2D eigenvalue weighted by molar-refractivity contribution is 0.0708. The standard InChI is InChI=1S/C15H22N2O4/c1-19-12-7-10(8-13(20-2)14(12)21-3)15(18)17-6-4-5-11(16)9-17/h7-8,11H,4-6,9,16H2,1-3H3/t11-/m1/s1. The van der Waals surface area contributed by atoms with Crippen molar-refractivity contribution >= 4 is 5.91 Å². The van der Waals surface area contributed by atoms with E-state index in [4.69, 9.17) is 19.9 Å². The number of amides is 1. The van der Waals surface area contributed by atoms with Crippen molar-refractivity contribution in [3.05, 3.63) is 17.7 Å². The van der Waals surface area contributed by atoms with E-state index >= 15 is 0 Å². The molecule has 1 amide bonds. The predicted molar refractivity (Wildman–Crippen MR) is 79.2 cm³/mol. The molecular weight excluding hydrogens is 272 g/mol. The van der Waals surface area contributed by atoms with Crippen molar-refractivity contribution in [2.75, 3.05) is 34.4 Å². The lowest BCUT2D eigenvalue weighted by Gasteiger charge is -2.31. The number of carbonyl (C=O) groups excluding carboxylic acids is 1. The van der Waals surface area contributed by atoms with Crippen molar-refractivity contribution < 1.29 is 19.0 Å². The molecule has 1 fully saturated rings. The SMILES string of the molecule is COc1cc(C(=O)N2CCC[C@@H](N)C2)cc(OC)c1OC. The second-order valence-electron chi connectivity index (χ2n) is 5.07. The first-order valence-corrected chi connectivity index (χ1v) is 6.95. The summed E-state index contributed by atoms with van der Waals surface area (Å²) in [5.74, 6) is 1.36. The van der Waals surface area contributed by atoms with E-state index in [0.717, 1.165) is 19.4 Å². The molecular formula is C15H22N2O4. The van der Waals surface area contributed by atoms with Crippen LogP contribution in [0.15, 0.2) is 12.1 Å². The molecule has 0 unspecified atom stereocenters. The minimum atomic E-state index is -0.0654. The van der Waals surface area contributed by atoms with Crippen molar-refractivity contribution in [1.29, 1.82) is 0 Å². The first kappa shape index (κ1) is 15.4. The zero-order chi connectivity index (χ0) is 15.4. The van der Waals surface area contributed by atoms with E-state index in [1.54, 1.807) is 17.0 Å². The summed E-state index contributed by atoms with van der Waals surface area (Å²) >= 11 is 0. The Balaban J connectivity index is 2.32. The molecule has 0 radical (unpaired) electrons. The number of rotatable bonds is 4. The molecule has 0 spiro atoms. The molecule has 21 heavy (non-hydrogen) atoms. The Kier molecular flexibility index (Phi) is 4.90. The highest BCUT2D eigenvalue weighted by atomic mass is 16.5. The number of hydrogen-bond donors (Lipinski definition) is 1. The van der Waals surface area contributed by atoms with Gasteiger partial charge in [-0.15, -0.1) is 0 Å². The largest absolute Gasteiger partial charge is 0.493 e. The Morgan fingerprint density at radius 1 is 1.19 bits per heavy atom. The normalized spacial score (nSPS) is 18.3. The third kappa shape index (κ3) is 3.21. The molecule has 1 aromatic rings. The van der Waals surface area contributed by atoms with Gasteiger partial charge in [0, 0.05) is 24.7 Å². The minimum absolute atomic E-state index is 0.0461. The summed E-state index contributed by atoms with van der Waals surface area (Å²) in [6.45, 7) is 1.30. The van der Waals surface area contributed by atoms with Gasteiger partial charge >= 0.3 is 0 Å². The second-order valence-corrected chi connectivity index (χ2v) is 5.07. The van der Waals surface area contributed by atoms with Crippen molar-refractivity contribution in [1.82, 2.24) is 4.90 Å². The van der Waals surface area contributed by atoms with Crippen LogP contribution in [0, 0.1) is 0 Å². The zero-order valence-electron chi connectivity index (χ0n) is 12.7. The number of nitrogens with two attached hydrogens (primary N) is 1. The lowest BCUT2D eigenvalue weighted by Crippen LogP contribution is -2.45. The van der Waals surface area contributed by atoms with Crippen LogP contribution in [0.3, 0.4) is 0 Å². The highest BCUT2D eigenvalue weighted by Gasteiger charge is 2.24. The molecule has 0 aromatic heterocycles. The van der Waals surface area contributed by atoms with Gasteiger partial charge in [0.2, 0.25) is 5.75 Å². The van der Waals surface area contributed by atoms with Gasteiger partial charge in [-0.2, -0.15) is 0 Å². The summed E-state index contributed by atoms with van der Waals surface area (Å²) in [4.78, 5) is 14.4. The fraction of sp³-hybridized carbons (Fsp3) is 0.533. The first-order chi connectivity index (χ1) is 10.1. The van der Waals surface area contributed by atoms with E-state index in [1.165, 1.54) is 21.3 Å². The maximum absolute atomic E-state index is 12.6. The monoisotopic (exact) mass is 294 g/mol. The fourth-order valence-corrected chi connectivity index (χ4v) is 2.58. The molecule has 2 rings (SSSR count). The number of carbonyl (C=O) groups is 1. The molecule has 1 aliphatic rings. The van der Waals surface area contributed by atoms with E-state index in [2.05, 4.69) is 0 Å². The van der Waals surface area contributed by atoms with E-state index in [9.17, 15) is 4.79 Å². The topological polar surface area (TPSA) is 74.0 Å².